The molecule has 0 bridgehead atoms. The molecule has 144 valence electrons. The summed E-state index contributed by atoms with van der Waals surface area (Å²) in [6.45, 7) is 6.48. The lowest BCUT2D eigenvalue weighted by atomic mass is 9.93. The average molecular weight is 361 g/mol. The van der Waals surface area contributed by atoms with Gasteiger partial charge in [0.15, 0.2) is 0 Å². The van der Waals surface area contributed by atoms with Gasteiger partial charge in [-0.2, -0.15) is 0 Å². The Morgan fingerprint density at radius 1 is 1.31 bits per heavy atom. The summed E-state index contributed by atoms with van der Waals surface area (Å²) in [6.07, 6.45) is 8.31. The van der Waals surface area contributed by atoms with Crippen LogP contribution in [0.1, 0.15) is 31.2 Å². The lowest BCUT2D eigenvalue weighted by Crippen LogP contribution is -2.50. The standard InChI is InChI=1S/C20H32N4O2/c1-26-13-9-22-20(25)18-5-3-10-24(16-18)19-6-11-23(12-7-19)15-17-4-2-8-21-14-17/h2,4,8,14,18-19H,3,5-7,9-13,15-16H2,1H3,(H,22,25)/t18-/m1/s1. The number of amides is 1. The second-order valence-corrected chi connectivity index (χ2v) is 7.49. The second kappa shape index (κ2) is 10.00. The van der Waals surface area contributed by atoms with Gasteiger partial charge in [-0.3, -0.25) is 19.6 Å². The molecule has 6 heteroatoms. The Labute approximate surface area is 156 Å². The van der Waals surface area contributed by atoms with Crippen molar-refractivity contribution in [1.82, 2.24) is 20.1 Å². The van der Waals surface area contributed by atoms with Crippen LogP contribution < -0.4 is 5.32 Å². The average Bonchev–Trinajstić information content (AvgIpc) is 2.69. The topological polar surface area (TPSA) is 57.7 Å². The summed E-state index contributed by atoms with van der Waals surface area (Å²) in [5.41, 5.74) is 1.29. The number of hydrogen-bond donors (Lipinski definition) is 1. The van der Waals surface area contributed by atoms with E-state index in [1.165, 1.54) is 18.4 Å². The van der Waals surface area contributed by atoms with Crippen LogP contribution in [0.5, 0.6) is 0 Å². The maximum atomic E-state index is 12.3. The molecule has 6 nitrogen and oxygen atoms in total. The fraction of sp³-hybridized carbons (Fsp3) is 0.700. The molecule has 0 spiro atoms. The van der Waals surface area contributed by atoms with Crippen molar-refractivity contribution in [3.05, 3.63) is 30.1 Å². The van der Waals surface area contributed by atoms with Gasteiger partial charge >= 0.3 is 0 Å². The summed E-state index contributed by atoms with van der Waals surface area (Å²) in [5, 5.41) is 3.01. The predicted octanol–water partition coefficient (Wildman–Crippen LogP) is 1.52. The second-order valence-electron chi connectivity index (χ2n) is 7.49. The highest BCUT2D eigenvalue weighted by atomic mass is 16.5. The molecule has 26 heavy (non-hydrogen) atoms. The lowest BCUT2D eigenvalue weighted by Gasteiger charge is -2.42. The van der Waals surface area contributed by atoms with Crippen molar-refractivity contribution in [2.24, 2.45) is 5.92 Å². The Morgan fingerprint density at radius 3 is 2.88 bits per heavy atom. The van der Waals surface area contributed by atoms with E-state index in [4.69, 9.17) is 4.74 Å². The highest BCUT2D eigenvalue weighted by Crippen LogP contribution is 2.24. The first-order chi connectivity index (χ1) is 12.8. The molecule has 0 aliphatic carbocycles. The minimum atomic E-state index is 0.133. The molecule has 0 aromatic carbocycles. The Bertz CT molecular complexity index is 546. The first-order valence-corrected chi connectivity index (χ1v) is 9.88. The van der Waals surface area contributed by atoms with E-state index in [2.05, 4.69) is 26.2 Å². The van der Waals surface area contributed by atoms with E-state index >= 15 is 0 Å². The number of carbonyl (C=O) groups excluding carboxylic acids is 1. The van der Waals surface area contributed by atoms with Crippen molar-refractivity contribution in [3.63, 3.8) is 0 Å². The first-order valence-electron chi connectivity index (χ1n) is 9.88. The van der Waals surface area contributed by atoms with Crippen LogP contribution in [0.25, 0.3) is 0 Å². The summed E-state index contributed by atoms with van der Waals surface area (Å²) < 4.78 is 5.01. The number of aromatic nitrogens is 1. The monoisotopic (exact) mass is 360 g/mol. The van der Waals surface area contributed by atoms with Gasteiger partial charge in [0.25, 0.3) is 0 Å². The zero-order valence-corrected chi connectivity index (χ0v) is 15.9. The molecular formula is C20H32N4O2. The number of methoxy groups -OCH3 is 1. The van der Waals surface area contributed by atoms with Gasteiger partial charge in [-0.25, -0.2) is 0 Å². The van der Waals surface area contributed by atoms with Crippen LogP contribution in [0.2, 0.25) is 0 Å². The Morgan fingerprint density at radius 2 is 2.15 bits per heavy atom. The molecule has 1 aromatic rings. The van der Waals surface area contributed by atoms with Gasteiger partial charge in [-0.1, -0.05) is 6.07 Å². The SMILES string of the molecule is COCCNC(=O)[C@@H]1CCCN(C2CCN(Cc3cccnc3)CC2)C1. The normalized spacial score (nSPS) is 23.0. The number of likely N-dealkylation sites (tertiary alicyclic amines) is 2. The molecule has 3 heterocycles. The fourth-order valence-corrected chi connectivity index (χ4v) is 4.17. The highest BCUT2D eigenvalue weighted by Gasteiger charge is 2.31. The maximum absolute atomic E-state index is 12.3. The summed E-state index contributed by atoms with van der Waals surface area (Å²) in [6, 6.07) is 4.78. The van der Waals surface area contributed by atoms with Crippen molar-refractivity contribution in [2.45, 2.75) is 38.3 Å². The van der Waals surface area contributed by atoms with E-state index in [9.17, 15) is 4.79 Å². The number of pyridine rings is 1. The van der Waals surface area contributed by atoms with E-state index in [-0.39, 0.29) is 11.8 Å². The molecule has 1 atom stereocenters. The third-order valence-corrected chi connectivity index (χ3v) is 5.63. The molecule has 1 N–H and O–H groups in total. The minimum absolute atomic E-state index is 0.133. The zero-order chi connectivity index (χ0) is 18.2. The van der Waals surface area contributed by atoms with Crippen LogP contribution in [0.4, 0.5) is 0 Å². The first kappa shape index (κ1) is 19.3. The van der Waals surface area contributed by atoms with E-state index in [1.54, 1.807) is 7.11 Å². The molecule has 2 saturated heterocycles. The highest BCUT2D eigenvalue weighted by molar-refractivity contribution is 5.78. The van der Waals surface area contributed by atoms with Gasteiger partial charge in [0.2, 0.25) is 5.91 Å². The third kappa shape index (κ3) is 5.50. The molecule has 2 fully saturated rings. The van der Waals surface area contributed by atoms with E-state index < -0.39 is 0 Å². The minimum Gasteiger partial charge on any atom is -0.383 e. The lowest BCUT2D eigenvalue weighted by molar-refractivity contribution is -0.127. The number of nitrogens with zero attached hydrogens (tertiary/aromatic N) is 3. The number of piperidine rings is 2. The quantitative estimate of drug-likeness (QED) is 0.747. The van der Waals surface area contributed by atoms with Crippen LogP contribution in [-0.4, -0.2) is 73.2 Å². The number of ether oxygens (including phenoxy) is 1. The number of nitrogens with one attached hydrogen (secondary N) is 1. The summed E-state index contributed by atoms with van der Waals surface area (Å²) in [5.74, 6) is 0.329. The van der Waals surface area contributed by atoms with E-state index in [0.29, 0.717) is 19.2 Å². The molecule has 0 saturated carbocycles. The van der Waals surface area contributed by atoms with Crippen LogP contribution in [-0.2, 0) is 16.1 Å². The van der Waals surface area contributed by atoms with Gasteiger partial charge in [0.05, 0.1) is 12.5 Å². The molecule has 2 aliphatic heterocycles. The number of rotatable bonds is 7. The largest absolute Gasteiger partial charge is 0.383 e. The van der Waals surface area contributed by atoms with Crippen molar-refractivity contribution >= 4 is 5.91 Å². The van der Waals surface area contributed by atoms with Crippen molar-refractivity contribution in [1.29, 1.82) is 0 Å². The zero-order valence-electron chi connectivity index (χ0n) is 15.9. The van der Waals surface area contributed by atoms with Gasteiger partial charge in [-0.15, -0.1) is 0 Å². The van der Waals surface area contributed by atoms with Gasteiger partial charge in [0.1, 0.15) is 0 Å². The van der Waals surface area contributed by atoms with Crippen LogP contribution in [0, 0.1) is 5.92 Å². The molecule has 0 radical (unpaired) electrons. The van der Waals surface area contributed by atoms with Crippen molar-refractivity contribution < 1.29 is 9.53 Å². The molecule has 0 unspecified atom stereocenters. The Kier molecular flexibility index (Phi) is 7.41. The third-order valence-electron chi connectivity index (χ3n) is 5.63. The number of carbonyl (C=O) groups is 1. The molecule has 1 aromatic heterocycles. The molecule has 2 aliphatic rings. The predicted molar refractivity (Wildman–Crippen MR) is 102 cm³/mol. The summed E-state index contributed by atoms with van der Waals surface area (Å²) in [7, 11) is 1.66. The Balaban J connectivity index is 1.43. The van der Waals surface area contributed by atoms with Gasteiger partial charge < -0.3 is 10.1 Å². The van der Waals surface area contributed by atoms with Gasteiger partial charge in [-0.05, 0) is 56.9 Å². The molecule has 3 rings (SSSR count). The van der Waals surface area contributed by atoms with Crippen molar-refractivity contribution in [3.8, 4) is 0 Å². The summed E-state index contributed by atoms with van der Waals surface area (Å²) in [4.78, 5) is 21.6. The maximum Gasteiger partial charge on any atom is 0.224 e. The van der Waals surface area contributed by atoms with E-state index in [0.717, 1.165) is 45.6 Å². The van der Waals surface area contributed by atoms with E-state index in [1.807, 2.05) is 18.5 Å². The fourth-order valence-electron chi connectivity index (χ4n) is 4.17. The van der Waals surface area contributed by atoms with Gasteiger partial charge in [0, 0.05) is 45.2 Å². The smallest absolute Gasteiger partial charge is 0.224 e. The molecular weight excluding hydrogens is 328 g/mol. The van der Waals surface area contributed by atoms with Crippen LogP contribution in [0.3, 0.4) is 0 Å². The van der Waals surface area contributed by atoms with Crippen LogP contribution >= 0.6 is 0 Å². The summed E-state index contributed by atoms with van der Waals surface area (Å²) >= 11 is 0. The number of hydrogen-bond acceptors (Lipinski definition) is 5. The molecule has 1 amide bonds. The van der Waals surface area contributed by atoms with Crippen molar-refractivity contribution in [2.75, 3.05) is 46.4 Å². The van der Waals surface area contributed by atoms with Crippen LogP contribution in [0.15, 0.2) is 24.5 Å². The Hall–Kier alpha value is -1.50.